The highest BCUT2D eigenvalue weighted by atomic mass is 32.2. The molecule has 1 heterocycles. The van der Waals surface area contributed by atoms with Crippen LogP contribution < -0.4 is 5.73 Å². The van der Waals surface area contributed by atoms with Gasteiger partial charge in [0.15, 0.2) is 9.84 Å². The van der Waals surface area contributed by atoms with Crippen LogP contribution in [0, 0.1) is 0 Å². The van der Waals surface area contributed by atoms with Crippen LogP contribution in [-0.2, 0) is 21.1 Å². The summed E-state index contributed by atoms with van der Waals surface area (Å²) in [4.78, 5) is 14.1. The van der Waals surface area contributed by atoms with Gasteiger partial charge >= 0.3 is 0 Å². The van der Waals surface area contributed by atoms with Crippen LogP contribution in [0.5, 0.6) is 0 Å². The number of nitrogens with zero attached hydrogens (tertiary/aromatic N) is 1. The van der Waals surface area contributed by atoms with Crippen molar-refractivity contribution >= 4 is 15.7 Å². The fourth-order valence-corrected chi connectivity index (χ4v) is 4.51. The van der Waals surface area contributed by atoms with Crippen LogP contribution in [0.25, 0.3) is 0 Å². The lowest BCUT2D eigenvalue weighted by molar-refractivity contribution is -0.134. The molecule has 1 aliphatic heterocycles. The number of likely N-dealkylation sites (N-methyl/N-ethyl adjacent to an activating group) is 1. The van der Waals surface area contributed by atoms with E-state index in [4.69, 9.17) is 5.73 Å². The maximum atomic E-state index is 12.5. The number of rotatable bonds is 5. The largest absolute Gasteiger partial charge is 0.338 e. The first-order chi connectivity index (χ1) is 9.93. The molecular formula is C15H22N2O3S. The summed E-state index contributed by atoms with van der Waals surface area (Å²) >= 11 is 0. The van der Waals surface area contributed by atoms with Crippen molar-refractivity contribution in [2.75, 3.05) is 18.1 Å². The van der Waals surface area contributed by atoms with Crippen LogP contribution in [0.15, 0.2) is 30.3 Å². The number of carbonyl (C=O) groups excluding carboxylic acids is 1. The number of nitrogens with two attached hydrogens (primary N) is 1. The Labute approximate surface area is 126 Å². The molecule has 0 spiro atoms. The lowest BCUT2D eigenvalue weighted by Crippen LogP contribution is -2.49. The third kappa shape index (κ3) is 4.04. The summed E-state index contributed by atoms with van der Waals surface area (Å²) in [5.74, 6) is 0.0588. The van der Waals surface area contributed by atoms with Gasteiger partial charge in [-0.2, -0.15) is 0 Å². The number of hydrogen-bond acceptors (Lipinski definition) is 4. The molecule has 116 valence electrons. The van der Waals surface area contributed by atoms with Crippen molar-refractivity contribution in [3.63, 3.8) is 0 Å². The fourth-order valence-electron chi connectivity index (χ4n) is 2.78. The molecule has 2 N–H and O–H groups in total. The third-order valence-corrected chi connectivity index (χ3v) is 5.64. The van der Waals surface area contributed by atoms with E-state index < -0.39 is 15.9 Å². The normalized spacial score (nSPS) is 21.9. The minimum absolute atomic E-state index is 0.0602. The van der Waals surface area contributed by atoms with Gasteiger partial charge in [0, 0.05) is 12.6 Å². The smallest absolute Gasteiger partial charge is 0.240 e. The van der Waals surface area contributed by atoms with E-state index in [9.17, 15) is 13.2 Å². The molecule has 1 fully saturated rings. The highest BCUT2D eigenvalue weighted by Crippen LogP contribution is 2.18. The van der Waals surface area contributed by atoms with E-state index in [1.54, 1.807) is 4.90 Å². The Hall–Kier alpha value is -1.40. The van der Waals surface area contributed by atoms with Crippen molar-refractivity contribution in [2.24, 2.45) is 5.73 Å². The van der Waals surface area contributed by atoms with Crippen molar-refractivity contribution in [1.82, 2.24) is 4.90 Å². The van der Waals surface area contributed by atoms with Gasteiger partial charge in [-0.15, -0.1) is 0 Å². The molecule has 2 rings (SSSR count). The SMILES string of the molecule is CCN(C(=O)C(N)Cc1ccccc1)C1CCS(=O)(=O)C1. The van der Waals surface area contributed by atoms with E-state index in [1.165, 1.54) is 0 Å². The van der Waals surface area contributed by atoms with Crippen LogP contribution in [0.2, 0.25) is 0 Å². The summed E-state index contributed by atoms with van der Waals surface area (Å²) in [5, 5.41) is 0. The second kappa shape index (κ2) is 6.58. The van der Waals surface area contributed by atoms with Crippen molar-refractivity contribution < 1.29 is 13.2 Å². The number of carbonyl (C=O) groups is 1. The summed E-state index contributed by atoms with van der Waals surface area (Å²) in [7, 11) is -3.00. The summed E-state index contributed by atoms with van der Waals surface area (Å²) in [6, 6.07) is 8.75. The van der Waals surface area contributed by atoms with Gasteiger partial charge in [-0.25, -0.2) is 8.42 Å². The molecule has 0 aliphatic carbocycles. The Morgan fingerprint density at radius 3 is 2.57 bits per heavy atom. The van der Waals surface area contributed by atoms with Gasteiger partial charge < -0.3 is 10.6 Å². The Morgan fingerprint density at radius 2 is 2.05 bits per heavy atom. The van der Waals surface area contributed by atoms with Crippen molar-refractivity contribution in [2.45, 2.75) is 31.8 Å². The van der Waals surface area contributed by atoms with Crippen molar-refractivity contribution in [3.8, 4) is 0 Å². The van der Waals surface area contributed by atoms with Gasteiger partial charge in [0.2, 0.25) is 5.91 Å². The molecule has 5 nitrogen and oxygen atoms in total. The average Bonchev–Trinajstić information content (AvgIpc) is 2.80. The molecule has 1 amide bonds. The molecule has 1 aromatic carbocycles. The molecule has 0 saturated carbocycles. The Kier molecular flexibility index (Phi) is 5.00. The molecule has 2 atom stereocenters. The maximum Gasteiger partial charge on any atom is 0.240 e. The van der Waals surface area contributed by atoms with Crippen LogP contribution in [0.1, 0.15) is 18.9 Å². The van der Waals surface area contributed by atoms with E-state index in [-0.39, 0.29) is 23.5 Å². The van der Waals surface area contributed by atoms with Gasteiger partial charge in [-0.05, 0) is 25.3 Å². The molecule has 1 aliphatic rings. The van der Waals surface area contributed by atoms with E-state index in [1.807, 2.05) is 37.3 Å². The number of sulfone groups is 1. The number of amides is 1. The summed E-state index contributed by atoms with van der Waals surface area (Å²) in [6.45, 7) is 2.35. The van der Waals surface area contributed by atoms with Crippen LogP contribution in [-0.4, -0.2) is 49.4 Å². The molecule has 1 saturated heterocycles. The Bertz CT molecular complexity index is 586. The van der Waals surface area contributed by atoms with Gasteiger partial charge in [0.25, 0.3) is 0 Å². The zero-order valence-corrected chi connectivity index (χ0v) is 13.1. The summed E-state index contributed by atoms with van der Waals surface area (Å²) < 4.78 is 23.2. The first-order valence-corrected chi connectivity index (χ1v) is 9.05. The molecular weight excluding hydrogens is 288 g/mol. The quantitative estimate of drug-likeness (QED) is 0.863. The molecule has 0 radical (unpaired) electrons. The Morgan fingerprint density at radius 1 is 1.38 bits per heavy atom. The molecule has 2 unspecified atom stereocenters. The van der Waals surface area contributed by atoms with Gasteiger partial charge in [0.1, 0.15) is 0 Å². The van der Waals surface area contributed by atoms with E-state index in [0.717, 1.165) is 5.56 Å². The van der Waals surface area contributed by atoms with Crippen molar-refractivity contribution in [1.29, 1.82) is 0 Å². The molecule has 21 heavy (non-hydrogen) atoms. The lowest BCUT2D eigenvalue weighted by atomic mass is 10.0. The second-order valence-electron chi connectivity index (χ2n) is 5.48. The monoisotopic (exact) mass is 310 g/mol. The number of hydrogen-bond donors (Lipinski definition) is 1. The lowest BCUT2D eigenvalue weighted by Gasteiger charge is -2.29. The van der Waals surface area contributed by atoms with Gasteiger partial charge in [0.05, 0.1) is 17.5 Å². The first kappa shape index (κ1) is 16.0. The molecule has 6 heteroatoms. The minimum atomic E-state index is -3.00. The highest BCUT2D eigenvalue weighted by Gasteiger charge is 2.35. The average molecular weight is 310 g/mol. The highest BCUT2D eigenvalue weighted by molar-refractivity contribution is 7.91. The van der Waals surface area contributed by atoms with Crippen LogP contribution in [0.3, 0.4) is 0 Å². The van der Waals surface area contributed by atoms with E-state index in [2.05, 4.69) is 0 Å². The zero-order valence-electron chi connectivity index (χ0n) is 12.2. The van der Waals surface area contributed by atoms with E-state index >= 15 is 0 Å². The third-order valence-electron chi connectivity index (χ3n) is 3.89. The molecule has 0 bridgehead atoms. The maximum absolute atomic E-state index is 12.5. The molecule has 0 aromatic heterocycles. The second-order valence-corrected chi connectivity index (χ2v) is 7.71. The van der Waals surface area contributed by atoms with Crippen LogP contribution in [0.4, 0.5) is 0 Å². The van der Waals surface area contributed by atoms with E-state index in [0.29, 0.717) is 19.4 Å². The predicted molar refractivity (Wildman–Crippen MR) is 82.6 cm³/mol. The number of benzene rings is 1. The standard InChI is InChI=1S/C15H22N2O3S/c1-2-17(13-8-9-21(19,20)11-13)15(18)14(16)10-12-6-4-3-5-7-12/h3-7,13-14H,2,8-11,16H2,1H3. The van der Waals surface area contributed by atoms with Crippen molar-refractivity contribution in [3.05, 3.63) is 35.9 Å². The summed E-state index contributed by atoms with van der Waals surface area (Å²) in [6.07, 6.45) is 0.982. The first-order valence-electron chi connectivity index (χ1n) is 7.23. The summed E-state index contributed by atoms with van der Waals surface area (Å²) in [5.41, 5.74) is 7.03. The molecule has 1 aromatic rings. The fraction of sp³-hybridized carbons (Fsp3) is 0.533. The topological polar surface area (TPSA) is 80.5 Å². The minimum Gasteiger partial charge on any atom is -0.338 e. The Balaban J connectivity index is 2.03. The predicted octanol–water partition coefficient (Wildman–Crippen LogP) is 0.592. The van der Waals surface area contributed by atoms with Gasteiger partial charge in [-0.3, -0.25) is 4.79 Å². The van der Waals surface area contributed by atoms with Crippen LogP contribution >= 0.6 is 0 Å². The van der Waals surface area contributed by atoms with Gasteiger partial charge in [-0.1, -0.05) is 30.3 Å². The zero-order chi connectivity index (χ0) is 15.5.